The Morgan fingerprint density at radius 3 is 2.52 bits per heavy atom. The van der Waals surface area contributed by atoms with Gasteiger partial charge in [-0.1, -0.05) is 43.0 Å². The van der Waals surface area contributed by atoms with Crippen molar-refractivity contribution < 1.29 is 9.59 Å². The predicted octanol–water partition coefficient (Wildman–Crippen LogP) is 3.21. The van der Waals surface area contributed by atoms with Crippen LogP contribution in [0, 0.1) is 19.8 Å². The van der Waals surface area contributed by atoms with Crippen molar-refractivity contribution in [3.63, 3.8) is 0 Å². The highest BCUT2D eigenvalue weighted by molar-refractivity contribution is 8.02. The van der Waals surface area contributed by atoms with Gasteiger partial charge < -0.3 is 11.1 Å². The van der Waals surface area contributed by atoms with Crippen molar-refractivity contribution in [3.8, 4) is 0 Å². The lowest BCUT2D eigenvalue weighted by Crippen LogP contribution is -2.42. The molecule has 9 heteroatoms. The summed E-state index contributed by atoms with van der Waals surface area (Å²) in [5.74, 6) is -0.421. The zero-order chi connectivity index (χ0) is 18.6. The smallest absolute Gasteiger partial charge is 0.318 e. The van der Waals surface area contributed by atoms with E-state index >= 15 is 0 Å². The van der Waals surface area contributed by atoms with Crippen molar-refractivity contribution in [1.82, 2.24) is 15.5 Å². The van der Waals surface area contributed by atoms with E-state index in [-0.39, 0.29) is 5.92 Å². The molecule has 134 valence electrons. The Balaban J connectivity index is 2.07. The number of hydrogen-bond donors (Lipinski definition) is 3. The fourth-order valence-electron chi connectivity index (χ4n) is 2.04. The third-order valence-corrected chi connectivity index (χ3v) is 5.97. The normalized spacial score (nSPS) is 12.0. The van der Waals surface area contributed by atoms with Crippen LogP contribution in [0.1, 0.15) is 25.0 Å². The van der Waals surface area contributed by atoms with Crippen LogP contribution in [0.3, 0.4) is 0 Å². The number of carbonyl (C=O) groups is 2. The summed E-state index contributed by atoms with van der Waals surface area (Å²) in [5.41, 5.74) is 8.36. The number of primary amides is 1. The van der Waals surface area contributed by atoms with Crippen molar-refractivity contribution in [1.29, 1.82) is 0 Å². The molecular formula is C16H21N5O2S2. The maximum atomic E-state index is 12.1. The van der Waals surface area contributed by atoms with E-state index in [2.05, 4.69) is 27.8 Å². The summed E-state index contributed by atoms with van der Waals surface area (Å²) in [6.45, 7) is 7.90. The molecule has 0 unspecified atom stereocenters. The SMILES string of the molecule is Cc1ccc(Nc2nnc(S[C@@H](C(=O)NC(N)=O)C(C)C)s2)cc1C. The standard InChI is InChI=1S/C16H21N5O2S2/c1-8(2)12(13(22)19-14(17)23)24-16-21-20-15(25-16)18-11-6-5-9(3)10(4)7-11/h5-8,12H,1-4H3,(H,18,20)(H3,17,19,22,23)/t12-/m1/s1. The van der Waals surface area contributed by atoms with Crippen LogP contribution in [0.5, 0.6) is 0 Å². The molecule has 2 aromatic rings. The number of imide groups is 1. The maximum absolute atomic E-state index is 12.1. The Morgan fingerprint density at radius 2 is 1.92 bits per heavy atom. The lowest BCUT2D eigenvalue weighted by molar-refractivity contribution is -0.120. The van der Waals surface area contributed by atoms with E-state index < -0.39 is 17.2 Å². The van der Waals surface area contributed by atoms with E-state index in [1.807, 2.05) is 39.0 Å². The van der Waals surface area contributed by atoms with Gasteiger partial charge in [0.2, 0.25) is 11.0 Å². The van der Waals surface area contributed by atoms with Gasteiger partial charge in [-0.25, -0.2) is 4.79 Å². The number of aryl methyl sites for hydroxylation is 2. The van der Waals surface area contributed by atoms with Crippen LogP contribution >= 0.6 is 23.1 Å². The summed E-state index contributed by atoms with van der Waals surface area (Å²) in [6, 6.07) is 5.21. The third-order valence-electron chi connectivity index (χ3n) is 3.50. The van der Waals surface area contributed by atoms with Crippen LogP contribution < -0.4 is 16.4 Å². The fraction of sp³-hybridized carbons (Fsp3) is 0.375. The molecule has 3 amide bonds. The number of anilines is 2. The molecule has 0 aliphatic rings. The second kappa shape index (κ2) is 8.30. The number of hydrogen-bond acceptors (Lipinski definition) is 7. The van der Waals surface area contributed by atoms with E-state index in [4.69, 9.17) is 5.73 Å². The van der Waals surface area contributed by atoms with Crippen molar-refractivity contribution in [2.75, 3.05) is 5.32 Å². The van der Waals surface area contributed by atoms with Gasteiger partial charge in [0.05, 0.1) is 5.25 Å². The first-order valence-corrected chi connectivity index (χ1v) is 9.40. The molecular weight excluding hydrogens is 358 g/mol. The molecule has 0 fully saturated rings. The van der Waals surface area contributed by atoms with Gasteiger partial charge in [0.1, 0.15) is 0 Å². The van der Waals surface area contributed by atoms with Gasteiger partial charge in [-0.05, 0) is 43.0 Å². The molecule has 7 nitrogen and oxygen atoms in total. The van der Waals surface area contributed by atoms with Crippen molar-refractivity contribution in [2.24, 2.45) is 11.7 Å². The maximum Gasteiger partial charge on any atom is 0.318 e. The summed E-state index contributed by atoms with van der Waals surface area (Å²) < 4.78 is 0.643. The quantitative estimate of drug-likeness (QED) is 0.665. The Hall–Kier alpha value is -2.13. The number of nitrogens with one attached hydrogen (secondary N) is 2. The van der Waals surface area contributed by atoms with E-state index in [1.165, 1.54) is 34.2 Å². The molecule has 1 aromatic heterocycles. The lowest BCUT2D eigenvalue weighted by Gasteiger charge is -2.16. The molecule has 1 atom stereocenters. The van der Waals surface area contributed by atoms with Crippen LogP contribution in [0.4, 0.5) is 15.6 Å². The summed E-state index contributed by atoms with van der Waals surface area (Å²) in [4.78, 5) is 23.0. The topological polar surface area (TPSA) is 110 Å². The van der Waals surface area contributed by atoms with Crippen molar-refractivity contribution in [2.45, 2.75) is 37.3 Å². The minimum absolute atomic E-state index is 0.00408. The van der Waals surface area contributed by atoms with Crippen LogP contribution in [0.15, 0.2) is 22.5 Å². The zero-order valence-electron chi connectivity index (χ0n) is 14.5. The number of rotatable bonds is 6. The van der Waals surface area contributed by atoms with E-state index in [0.29, 0.717) is 9.47 Å². The number of carbonyl (C=O) groups excluding carboxylic acids is 2. The third kappa shape index (κ3) is 5.43. The second-order valence-corrected chi connectivity index (χ2v) is 8.30. The molecule has 1 heterocycles. The molecule has 0 saturated carbocycles. The number of benzene rings is 1. The first-order chi connectivity index (χ1) is 11.8. The summed E-state index contributed by atoms with van der Waals surface area (Å²) >= 11 is 2.62. The van der Waals surface area contributed by atoms with E-state index in [1.54, 1.807) is 0 Å². The molecule has 4 N–H and O–H groups in total. The molecule has 1 aromatic carbocycles. The van der Waals surface area contributed by atoms with Crippen LogP contribution in [-0.4, -0.2) is 27.4 Å². The number of nitrogens with two attached hydrogens (primary N) is 1. The van der Waals surface area contributed by atoms with E-state index in [9.17, 15) is 9.59 Å². The van der Waals surface area contributed by atoms with Gasteiger partial charge in [0.25, 0.3) is 0 Å². The number of aromatic nitrogens is 2. The molecule has 0 spiro atoms. The summed E-state index contributed by atoms with van der Waals surface area (Å²) in [7, 11) is 0. The average Bonchev–Trinajstić information content (AvgIpc) is 2.94. The Kier molecular flexibility index (Phi) is 6.38. The fourth-order valence-corrected chi connectivity index (χ4v) is 4.03. The minimum atomic E-state index is -0.856. The number of amides is 3. The molecule has 0 bridgehead atoms. The Morgan fingerprint density at radius 1 is 1.20 bits per heavy atom. The van der Waals surface area contributed by atoms with Gasteiger partial charge in [0.15, 0.2) is 4.34 Å². The van der Waals surface area contributed by atoms with Crippen molar-refractivity contribution in [3.05, 3.63) is 29.3 Å². The lowest BCUT2D eigenvalue weighted by atomic mass is 10.1. The molecule has 0 radical (unpaired) electrons. The highest BCUT2D eigenvalue weighted by Crippen LogP contribution is 2.33. The van der Waals surface area contributed by atoms with Gasteiger partial charge >= 0.3 is 6.03 Å². The van der Waals surface area contributed by atoms with E-state index in [0.717, 1.165) is 5.69 Å². The van der Waals surface area contributed by atoms with Crippen LogP contribution in [0.25, 0.3) is 0 Å². The highest BCUT2D eigenvalue weighted by Gasteiger charge is 2.26. The van der Waals surface area contributed by atoms with Crippen LogP contribution in [-0.2, 0) is 4.79 Å². The van der Waals surface area contributed by atoms with Gasteiger partial charge in [-0.2, -0.15) is 0 Å². The average molecular weight is 380 g/mol. The molecule has 0 saturated heterocycles. The number of nitrogens with zero attached hydrogens (tertiary/aromatic N) is 2. The largest absolute Gasteiger partial charge is 0.351 e. The highest BCUT2D eigenvalue weighted by atomic mass is 32.2. The van der Waals surface area contributed by atoms with Gasteiger partial charge in [-0.15, -0.1) is 10.2 Å². The van der Waals surface area contributed by atoms with Crippen LogP contribution in [0.2, 0.25) is 0 Å². The predicted molar refractivity (Wildman–Crippen MR) is 101 cm³/mol. The first kappa shape index (κ1) is 19.2. The molecule has 2 rings (SSSR count). The Labute approximate surface area is 154 Å². The molecule has 0 aliphatic heterocycles. The number of urea groups is 1. The Bertz CT molecular complexity index is 776. The minimum Gasteiger partial charge on any atom is -0.351 e. The van der Waals surface area contributed by atoms with Gasteiger partial charge in [0, 0.05) is 5.69 Å². The monoisotopic (exact) mass is 379 g/mol. The first-order valence-electron chi connectivity index (χ1n) is 7.71. The second-order valence-electron chi connectivity index (χ2n) is 5.93. The zero-order valence-corrected chi connectivity index (χ0v) is 16.1. The van der Waals surface area contributed by atoms with Gasteiger partial charge in [-0.3, -0.25) is 10.1 Å². The summed E-state index contributed by atoms with van der Waals surface area (Å²) in [5, 5.41) is 13.7. The summed E-state index contributed by atoms with van der Waals surface area (Å²) in [6.07, 6.45) is 0. The van der Waals surface area contributed by atoms with Crippen molar-refractivity contribution >= 4 is 45.9 Å². The number of thioether (sulfide) groups is 1. The molecule has 25 heavy (non-hydrogen) atoms. The molecule has 0 aliphatic carbocycles.